The quantitative estimate of drug-likeness (QED) is 0.823. The summed E-state index contributed by atoms with van der Waals surface area (Å²) in [5, 5.41) is 8.64. The number of pyridine rings is 1. The maximum atomic E-state index is 11.7. The molecule has 1 aromatic rings. The minimum atomic E-state index is -1.07. The summed E-state index contributed by atoms with van der Waals surface area (Å²) in [5.41, 5.74) is 1.20. The maximum absolute atomic E-state index is 11.7. The van der Waals surface area contributed by atoms with Gasteiger partial charge < -0.3 is 10.0 Å². The number of hydrogen-bond acceptors (Lipinski definition) is 4. The SMILES string of the molecule is CC(c1ccncc1)N1CCN(C(=O)CC(=O)O)CC1. The van der Waals surface area contributed by atoms with E-state index in [9.17, 15) is 9.59 Å². The fraction of sp³-hybridized carbons (Fsp3) is 0.500. The van der Waals surface area contributed by atoms with Crippen LogP contribution in [0.1, 0.15) is 24.9 Å². The molecule has 1 amide bonds. The van der Waals surface area contributed by atoms with Crippen molar-refractivity contribution >= 4 is 11.9 Å². The van der Waals surface area contributed by atoms with Gasteiger partial charge in [-0.25, -0.2) is 0 Å². The second kappa shape index (κ2) is 6.47. The molecule has 0 aliphatic carbocycles. The van der Waals surface area contributed by atoms with Gasteiger partial charge in [0, 0.05) is 44.6 Å². The summed E-state index contributed by atoms with van der Waals surface area (Å²) < 4.78 is 0. The minimum absolute atomic E-state index is 0.273. The molecular formula is C14H19N3O3. The molecule has 2 heterocycles. The van der Waals surface area contributed by atoms with E-state index in [2.05, 4.69) is 16.8 Å². The Morgan fingerprint density at radius 1 is 1.25 bits per heavy atom. The van der Waals surface area contributed by atoms with Gasteiger partial charge in [-0.3, -0.25) is 19.5 Å². The molecule has 0 spiro atoms. The molecule has 0 aromatic carbocycles. The predicted octanol–water partition coefficient (Wildman–Crippen LogP) is 0.761. The predicted molar refractivity (Wildman–Crippen MR) is 73.1 cm³/mol. The number of carboxylic acid groups (broad SMARTS) is 1. The van der Waals surface area contributed by atoms with Gasteiger partial charge in [-0.15, -0.1) is 0 Å². The van der Waals surface area contributed by atoms with E-state index in [1.54, 1.807) is 17.3 Å². The zero-order valence-electron chi connectivity index (χ0n) is 11.5. The van der Waals surface area contributed by atoms with Crippen molar-refractivity contribution in [3.63, 3.8) is 0 Å². The summed E-state index contributed by atoms with van der Waals surface area (Å²) in [6.45, 7) is 4.82. The number of carbonyl (C=O) groups is 2. The number of aliphatic carboxylic acids is 1. The molecule has 6 nitrogen and oxygen atoms in total. The van der Waals surface area contributed by atoms with Crippen LogP contribution in [0.15, 0.2) is 24.5 Å². The number of amides is 1. The average molecular weight is 277 g/mol. The van der Waals surface area contributed by atoms with Crippen molar-refractivity contribution < 1.29 is 14.7 Å². The monoisotopic (exact) mass is 277 g/mol. The van der Waals surface area contributed by atoms with Crippen LogP contribution in [0.4, 0.5) is 0 Å². The third-order valence-electron chi connectivity index (χ3n) is 3.71. The number of nitrogens with zero attached hydrogens (tertiary/aromatic N) is 3. The lowest BCUT2D eigenvalue weighted by atomic mass is 10.1. The highest BCUT2D eigenvalue weighted by molar-refractivity contribution is 5.93. The van der Waals surface area contributed by atoms with Crippen molar-refractivity contribution in [1.29, 1.82) is 0 Å². The van der Waals surface area contributed by atoms with Crippen LogP contribution in [0.3, 0.4) is 0 Å². The zero-order chi connectivity index (χ0) is 14.5. The lowest BCUT2D eigenvalue weighted by molar-refractivity contribution is -0.145. The molecule has 1 unspecified atom stereocenters. The molecule has 2 rings (SSSR count). The Bertz CT molecular complexity index is 470. The first-order valence-electron chi connectivity index (χ1n) is 6.71. The Hall–Kier alpha value is -1.95. The smallest absolute Gasteiger partial charge is 0.312 e. The molecule has 1 N–H and O–H groups in total. The van der Waals surface area contributed by atoms with Crippen LogP contribution in [-0.4, -0.2) is 57.9 Å². The molecule has 20 heavy (non-hydrogen) atoms. The third kappa shape index (κ3) is 3.54. The fourth-order valence-electron chi connectivity index (χ4n) is 2.45. The summed E-state index contributed by atoms with van der Waals surface area (Å²) in [6, 6.07) is 4.26. The number of hydrogen-bond donors (Lipinski definition) is 1. The number of carboxylic acids is 1. The van der Waals surface area contributed by atoms with Crippen molar-refractivity contribution in [3.05, 3.63) is 30.1 Å². The Balaban J connectivity index is 1.88. The van der Waals surface area contributed by atoms with Crippen LogP contribution in [0.25, 0.3) is 0 Å². The molecule has 1 saturated heterocycles. The molecule has 1 aromatic heterocycles. The van der Waals surface area contributed by atoms with Crippen molar-refractivity contribution in [3.8, 4) is 0 Å². The van der Waals surface area contributed by atoms with Crippen molar-refractivity contribution in [2.24, 2.45) is 0 Å². The van der Waals surface area contributed by atoms with Gasteiger partial charge in [0.15, 0.2) is 0 Å². The highest BCUT2D eigenvalue weighted by Gasteiger charge is 2.25. The van der Waals surface area contributed by atoms with Crippen molar-refractivity contribution in [2.45, 2.75) is 19.4 Å². The fourth-order valence-corrected chi connectivity index (χ4v) is 2.45. The van der Waals surface area contributed by atoms with Crippen LogP contribution in [0.5, 0.6) is 0 Å². The molecule has 1 fully saturated rings. The average Bonchev–Trinajstić information content (AvgIpc) is 2.47. The Kier molecular flexibility index (Phi) is 4.68. The van der Waals surface area contributed by atoms with Gasteiger partial charge in [-0.2, -0.15) is 0 Å². The maximum Gasteiger partial charge on any atom is 0.312 e. The third-order valence-corrected chi connectivity index (χ3v) is 3.71. The molecule has 1 aliphatic rings. The van der Waals surface area contributed by atoms with Gasteiger partial charge in [-0.1, -0.05) is 0 Å². The summed E-state index contributed by atoms with van der Waals surface area (Å²) in [7, 11) is 0. The summed E-state index contributed by atoms with van der Waals surface area (Å²) >= 11 is 0. The number of piperazine rings is 1. The Morgan fingerprint density at radius 2 is 1.85 bits per heavy atom. The first kappa shape index (κ1) is 14.5. The second-order valence-electron chi connectivity index (χ2n) is 4.94. The van der Waals surface area contributed by atoms with E-state index in [1.807, 2.05) is 12.1 Å². The molecular weight excluding hydrogens is 258 g/mol. The Labute approximate surface area is 118 Å². The normalized spacial score (nSPS) is 17.8. The van der Waals surface area contributed by atoms with E-state index in [-0.39, 0.29) is 11.9 Å². The minimum Gasteiger partial charge on any atom is -0.481 e. The highest BCUT2D eigenvalue weighted by atomic mass is 16.4. The molecule has 0 radical (unpaired) electrons. The van der Waals surface area contributed by atoms with E-state index in [4.69, 9.17) is 5.11 Å². The molecule has 1 atom stereocenters. The van der Waals surface area contributed by atoms with Gasteiger partial charge in [-0.05, 0) is 24.6 Å². The van der Waals surface area contributed by atoms with Crippen molar-refractivity contribution in [2.75, 3.05) is 26.2 Å². The van der Waals surface area contributed by atoms with E-state index in [0.29, 0.717) is 13.1 Å². The number of carbonyl (C=O) groups excluding carboxylic acids is 1. The summed E-state index contributed by atoms with van der Waals surface area (Å²) in [5.74, 6) is -1.36. The lowest BCUT2D eigenvalue weighted by Gasteiger charge is -2.38. The van der Waals surface area contributed by atoms with E-state index >= 15 is 0 Å². The standard InChI is InChI=1S/C14H19N3O3/c1-11(12-2-4-15-5-3-12)16-6-8-17(9-7-16)13(18)10-14(19)20/h2-5,11H,6-10H2,1H3,(H,19,20). The molecule has 0 saturated carbocycles. The molecule has 108 valence electrons. The zero-order valence-corrected chi connectivity index (χ0v) is 11.5. The van der Waals surface area contributed by atoms with E-state index in [0.717, 1.165) is 13.1 Å². The summed E-state index contributed by atoms with van der Waals surface area (Å²) in [6.07, 6.45) is 3.14. The topological polar surface area (TPSA) is 73.7 Å². The van der Waals surface area contributed by atoms with E-state index in [1.165, 1.54) is 5.56 Å². The van der Waals surface area contributed by atoms with Crippen LogP contribution < -0.4 is 0 Å². The van der Waals surface area contributed by atoms with Gasteiger partial charge in [0.1, 0.15) is 6.42 Å². The van der Waals surface area contributed by atoms with Gasteiger partial charge in [0.2, 0.25) is 5.91 Å². The Morgan fingerprint density at radius 3 is 2.40 bits per heavy atom. The van der Waals surface area contributed by atoms with Gasteiger partial charge in [0.05, 0.1) is 0 Å². The lowest BCUT2D eigenvalue weighted by Crippen LogP contribution is -2.49. The highest BCUT2D eigenvalue weighted by Crippen LogP contribution is 2.20. The van der Waals surface area contributed by atoms with Crippen LogP contribution in [0.2, 0.25) is 0 Å². The van der Waals surface area contributed by atoms with Crippen LogP contribution in [0, 0.1) is 0 Å². The van der Waals surface area contributed by atoms with Crippen molar-refractivity contribution in [1.82, 2.24) is 14.8 Å². The van der Waals surface area contributed by atoms with Crippen LogP contribution in [-0.2, 0) is 9.59 Å². The largest absolute Gasteiger partial charge is 0.481 e. The molecule has 6 heteroatoms. The number of rotatable bonds is 4. The second-order valence-corrected chi connectivity index (χ2v) is 4.94. The van der Waals surface area contributed by atoms with E-state index < -0.39 is 12.4 Å². The molecule has 0 bridgehead atoms. The van der Waals surface area contributed by atoms with Gasteiger partial charge >= 0.3 is 5.97 Å². The first-order valence-corrected chi connectivity index (χ1v) is 6.71. The van der Waals surface area contributed by atoms with Gasteiger partial charge in [0.25, 0.3) is 0 Å². The van der Waals surface area contributed by atoms with Crippen LogP contribution >= 0.6 is 0 Å². The summed E-state index contributed by atoms with van der Waals surface area (Å²) in [4.78, 5) is 30.1. The first-order chi connectivity index (χ1) is 9.58. The molecule has 1 aliphatic heterocycles. The number of aromatic nitrogens is 1.